The highest BCUT2D eigenvalue weighted by Gasteiger charge is 2.13. The molecule has 1 aromatic heterocycles. The zero-order valence-electron chi connectivity index (χ0n) is 16.8. The quantitative estimate of drug-likeness (QED) is 0.223. The molecule has 0 saturated carbocycles. The van der Waals surface area contributed by atoms with Gasteiger partial charge in [0.05, 0.1) is 27.3 Å². The fraction of sp³-hybridized carbons (Fsp3) is 0. The molecule has 0 saturated heterocycles. The first-order valence-corrected chi connectivity index (χ1v) is 9.59. The van der Waals surface area contributed by atoms with Gasteiger partial charge in [0.25, 0.3) is 5.69 Å². The van der Waals surface area contributed by atoms with Gasteiger partial charge in [-0.1, -0.05) is 0 Å². The van der Waals surface area contributed by atoms with E-state index in [0.717, 1.165) is 0 Å². The lowest BCUT2D eigenvalue weighted by molar-refractivity contribution is -0.384. The molecule has 0 aliphatic carbocycles. The van der Waals surface area contributed by atoms with Crippen LogP contribution in [0.4, 0.5) is 14.5 Å². The number of nitrogens with zero attached hydrogens (tertiary/aromatic N) is 3. The first-order chi connectivity index (χ1) is 15.8. The summed E-state index contributed by atoms with van der Waals surface area (Å²) in [5.41, 5.74) is 1.19. The van der Waals surface area contributed by atoms with Gasteiger partial charge in [0.2, 0.25) is 0 Å². The number of non-ortho nitro benzene ring substituents is 1. The molecule has 3 aromatic carbocycles. The summed E-state index contributed by atoms with van der Waals surface area (Å²) in [5.74, 6) is -1.44. The number of hydrogen-bond donors (Lipinski definition) is 2. The standard InChI is InChI=1S/C24H15F2N3O4/c25-16-5-1-14(2-6-16)23(30)12-21-22(13-24(31)15-3-7-17(26)8-4-15)28-20-11-18(29(32)33)9-10-19(20)27-21/h1-13,30-31H. The van der Waals surface area contributed by atoms with Crippen molar-refractivity contribution in [1.29, 1.82) is 0 Å². The van der Waals surface area contributed by atoms with Crippen LogP contribution in [0.2, 0.25) is 0 Å². The Labute approximate surface area is 185 Å². The molecule has 164 valence electrons. The molecule has 0 aliphatic heterocycles. The molecular weight excluding hydrogens is 432 g/mol. The number of fused-ring (bicyclic) bond motifs is 1. The van der Waals surface area contributed by atoms with Crippen molar-refractivity contribution in [2.24, 2.45) is 0 Å². The van der Waals surface area contributed by atoms with E-state index in [-0.39, 0.29) is 34.1 Å². The van der Waals surface area contributed by atoms with Crippen LogP contribution in [0.5, 0.6) is 0 Å². The highest BCUT2D eigenvalue weighted by Crippen LogP contribution is 2.25. The third-order valence-corrected chi connectivity index (χ3v) is 4.74. The fourth-order valence-electron chi connectivity index (χ4n) is 3.06. The molecule has 0 aliphatic rings. The second-order valence-corrected chi connectivity index (χ2v) is 7.00. The van der Waals surface area contributed by atoms with E-state index in [0.29, 0.717) is 16.6 Å². The number of hydrogen-bond acceptors (Lipinski definition) is 6. The van der Waals surface area contributed by atoms with Crippen molar-refractivity contribution in [3.8, 4) is 0 Å². The third-order valence-electron chi connectivity index (χ3n) is 4.74. The Bertz CT molecular complexity index is 1420. The molecule has 0 spiro atoms. The minimum atomic E-state index is -0.569. The molecule has 1 heterocycles. The van der Waals surface area contributed by atoms with Crippen molar-refractivity contribution in [2.45, 2.75) is 0 Å². The Balaban J connectivity index is 1.87. The molecule has 2 N–H and O–H groups in total. The Hall–Kier alpha value is -4.66. The summed E-state index contributed by atoms with van der Waals surface area (Å²) in [7, 11) is 0. The van der Waals surface area contributed by atoms with Crippen LogP contribution in [-0.2, 0) is 0 Å². The number of nitro benzene ring substituents is 1. The molecule has 4 rings (SSSR count). The van der Waals surface area contributed by atoms with Crippen molar-refractivity contribution < 1.29 is 23.9 Å². The van der Waals surface area contributed by atoms with Gasteiger partial charge >= 0.3 is 0 Å². The van der Waals surface area contributed by atoms with E-state index in [2.05, 4.69) is 9.97 Å². The van der Waals surface area contributed by atoms with Crippen molar-refractivity contribution in [2.75, 3.05) is 0 Å². The van der Waals surface area contributed by atoms with Gasteiger partial charge in [-0.3, -0.25) is 10.1 Å². The zero-order chi connectivity index (χ0) is 23.5. The number of aliphatic hydroxyl groups excluding tert-OH is 2. The van der Waals surface area contributed by atoms with E-state index >= 15 is 0 Å². The minimum Gasteiger partial charge on any atom is -0.507 e. The highest BCUT2D eigenvalue weighted by atomic mass is 19.1. The average molecular weight is 447 g/mol. The van der Waals surface area contributed by atoms with Gasteiger partial charge in [-0.15, -0.1) is 0 Å². The topological polar surface area (TPSA) is 109 Å². The summed E-state index contributed by atoms with van der Waals surface area (Å²) < 4.78 is 26.4. The maximum absolute atomic E-state index is 13.2. The van der Waals surface area contributed by atoms with E-state index in [1.807, 2.05) is 0 Å². The monoisotopic (exact) mass is 447 g/mol. The Morgan fingerprint density at radius 3 is 1.67 bits per heavy atom. The molecule has 0 atom stereocenters. The van der Waals surface area contributed by atoms with E-state index < -0.39 is 16.6 Å². The molecule has 7 nitrogen and oxygen atoms in total. The number of aliphatic hydroxyl groups is 2. The predicted molar refractivity (Wildman–Crippen MR) is 120 cm³/mol. The van der Waals surface area contributed by atoms with Crippen LogP contribution in [0.15, 0.2) is 66.7 Å². The summed E-state index contributed by atoms with van der Waals surface area (Å²) in [6.07, 6.45) is 2.53. The van der Waals surface area contributed by atoms with Crippen molar-refractivity contribution in [3.63, 3.8) is 0 Å². The second kappa shape index (κ2) is 8.83. The molecule has 33 heavy (non-hydrogen) atoms. The smallest absolute Gasteiger partial charge is 0.271 e. The number of benzene rings is 3. The SMILES string of the molecule is O=[N+]([O-])c1ccc2nc(C=C(O)c3ccc(F)cc3)c(C=C(O)c3ccc(F)cc3)nc2c1. The van der Waals surface area contributed by atoms with Crippen molar-refractivity contribution in [1.82, 2.24) is 9.97 Å². The lowest BCUT2D eigenvalue weighted by atomic mass is 10.1. The number of nitro groups is 1. The summed E-state index contributed by atoms with van der Waals surface area (Å²) in [5, 5.41) is 32.2. The lowest BCUT2D eigenvalue weighted by Gasteiger charge is -2.07. The van der Waals surface area contributed by atoms with Crippen LogP contribution in [0.3, 0.4) is 0 Å². The molecule has 9 heteroatoms. The molecule has 0 amide bonds. The molecule has 0 unspecified atom stereocenters. The minimum absolute atomic E-state index is 0.0958. The van der Waals surface area contributed by atoms with E-state index in [9.17, 15) is 29.1 Å². The zero-order valence-corrected chi connectivity index (χ0v) is 16.8. The normalized spacial score (nSPS) is 12.2. The van der Waals surface area contributed by atoms with Crippen LogP contribution in [0, 0.1) is 21.7 Å². The fourth-order valence-corrected chi connectivity index (χ4v) is 3.06. The van der Waals surface area contributed by atoms with Crippen LogP contribution < -0.4 is 0 Å². The Morgan fingerprint density at radius 2 is 1.21 bits per heavy atom. The lowest BCUT2D eigenvalue weighted by Crippen LogP contribution is -1.98. The van der Waals surface area contributed by atoms with Crippen LogP contribution in [0.25, 0.3) is 34.7 Å². The maximum Gasteiger partial charge on any atom is 0.271 e. The van der Waals surface area contributed by atoms with E-state index in [1.54, 1.807) is 0 Å². The summed E-state index contributed by atoms with van der Waals surface area (Å²) in [4.78, 5) is 19.3. The summed E-state index contributed by atoms with van der Waals surface area (Å²) >= 11 is 0. The van der Waals surface area contributed by atoms with Gasteiger partial charge < -0.3 is 10.2 Å². The third kappa shape index (κ3) is 4.82. The van der Waals surface area contributed by atoms with E-state index in [4.69, 9.17) is 0 Å². The Kier molecular flexibility index (Phi) is 5.77. The average Bonchev–Trinajstić information content (AvgIpc) is 2.79. The van der Waals surface area contributed by atoms with Crippen LogP contribution in [-0.4, -0.2) is 25.1 Å². The first kappa shape index (κ1) is 21.6. The largest absolute Gasteiger partial charge is 0.507 e. The summed E-state index contributed by atoms with van der Waals surface area (Å²) in [6, 6.07) is 14.1. The number of rotatable bonds is 5. The van der Waals surface area contributed by atoms with Crippen molar-refractivity contribution in [3.05, 3.63) is 111 Å². The second-order valence-electron chi connectivity index (χ2n) is 7.00. The van der Waals surface area contributed by atoms with Crippen LogP contribution in [0.1, 0.15) is 22.5 Å². The van der Waals surface area contributed by atoms with Gasteiger partial charge in [-0.05, 0) is 54.6 Å². The van der Waals surface area contributed by atoms with Gasteiger partial charge in [-0.2, -0.15) is 0 Å². The molecule has 4 aromatic rings. The van der Waals surface area contributed by atoms with Crippen LogP contribution >= 0.6 is 0 Å². The van der Waals surface area contributed by atoms with E-state index in [1.165, 1.54) is 78.9 Å². The van der Waals surface area contributed by atoms with Gasteiger partial charge in [0.1, 0.15) is 23.2 Å². The molecular formula is C24H15F2N3O4. The maximum atomic E-state index is 13.2. The van der Waals surface area contributed by atoms with Gasteiger partial charge in [0.15, 0.2) is 0 Å². The first-order valence-electron chi connectivity index (χ1n) is 9.59. The van der Waals surface area contributed by atoms with Crippen molar-refractivity contribution >= 4 is 40.4 Å². The predicted octanol–water partition coefficient (Wildman–Crippen LogP) is 5.93. The van der Waals surface area contributed by atoms with Gasteiger partial charge in [0, 0.05) is 35.4 Å². The molecule has 0 bridgehead atoms. The Morgan fingerprint density at radius 1 is 0.758 bits per heavy atom. The molecule has 0 fully saturated rings. The number of halogens is 2. The summed E-state index contributed by atoms with van der Waals surface area (Å²) in [6.45, 7) is 0. The molecule has 0 radical (unpaired) electrons. The highest BCUT2D eigenvalue weighted by molar-refractivity contribution is 5.86. The van der Waals surface area contributed by atoms with Gasteiger partial charge in [-0.25, -0.2) is 18.7 Å². The number of aromatic nitrogens is 2.